The maximum atomic E-state index is 16.7. The molecule has 8 rings (SSSR count). The molecule has 0 saturated heterocycles. The van der Waals surface area contributed by atoms with Gasteiger partial charge in [-0.05, 0) is 105 Å². The summed E-state index contributed by atoms with van der Waals surface area (Å²) in [6, 6.07) is 32.2. The lowest BCUT2D eigenvalue weighted by atomic mass is 9.69. The summed E-state index contributed by atoms with van der Waals surface area (Å²) in [4.78, 5) is 1.39. The van der Waals surface area contributed by atoms with Gasteiger partial charge in [-0.25, -0.2) is 0 Å². The summed E-state index contributed by atoms with van der Waals surface area (Å²) in [5.41, 5.74) is -0.985. The molecule has 6 aromatic rings. The average Bonchev–Trinajstić information content (AvgIpc) is 3.83. The highest BCUT2D eigenvalue weighted by atomic mass is 32.1. The molecule has 0 unspecified atom stereocenters. The number of methoxy groups -OCH3 is 2. The molecular formula is C48H42F6O2S2. The minimum atomic E-state index is -5.72. The van der Waals surface area contributed by atoms with Crippen LogP contribution in [0.4, 0.5) is 26.3 Å². The van der Waals surface area contributed by atoms with Gasteiger partial charge in [-0.1, -0.05) is 90.1 Å². The molecule has 0 atom stereocenters. The third-order valence-electron chi connectivity index (χ3n) is 11.5. The molecule has 0 amide bonds. The fraction of sp³-hybridized carbons (Fsp3) is 0.292. The second-order valence-corrected chi connectivity index (χ2v) is 19.1. The van der Waals surface area contributed by atoms with E-state index in [2.05, 4.69) is 41.5 Å². The van der Waals surface area contributed by atoms with Crippen LogP contribution in [-0.4, -0.2) is 32.0 Å². The number of ether oxygens (including phenoxy) is 2. The second kappa shape index (κ2) is 13.4. The van der Waals surface area contributed by atoms with Crippen LogP contribution in [0.2, 0.25) is 0 Å². The summed E-state index contributed by atoms with van der Waals surface area (Å²) in [7, 11) is 3.03. The molecule has 0 spiro atoms. The number of hydrogen-bond donors (Lipinski definition) is 0. The van der Waals surface area contributed by atoms with Crippen molar-refractivity contribution >= 4 is 33.8 Å². The summed E-state index contributed by atoms with van der Waals surface area (Å²) in [6.45, 7) is 12.4. The number of alkyl halides is 6. The third kappa shape index (κ3) is 5.80. The van der Waals surface area contributed by atoms with Gasteiger partial charge in [-0.15, -0.1) is 22.7 Å². The maximum absolute atomic E-state index is 16.7. The Morgan fingerprint density at radius 3 is 1.09 bits per heavy atom. The van der Waals surface area contributed by atoms with Crippen LogP contribution in [0.15, 0.2) is 109 Å². The van der Waals surface area contributed by atoms with Gasteiger partial charge in [-0.3, -0.25) is 0 Å². The van der Waals surface area contributed by atoms with E-state index in [1.807, 2.05) is 48.5 Å². The second-order valence-electron chi connectivity index (χ2n) is 17.0. The highest BCUT2D eigenvalue weighted by Crippen LogP contribution is 2.70. The average molecular weight is 829 g/mol. The predicted molar refractivity (Wildman–Crippen MR) is 224 cm³/mol. The van der Waals surface area contributed by atoms with E-state index in [9.17, 15) is 0 Å². The van der Waals surface area contributed by atoms with Gasteiger partial charge in [0, 0.05) is 41.8 Å². The number of benzene rings is 4. The first-order chi connectivity index (χ1) is 27.2. The SMILES string of the molecule is COc1ccc(-c2cc3c(s2)C(c2ccc(C(C)(C)C)cc2)(c2ccc(C(C)(C)C)cc2)c2sc(-c4ccc(OC)cc4)cc2C2=C3C(F)(F)C(F)(F)C2(F)F)cc1. The Hall–Kier alpha value is -4.80. The van der Waals surface area contributed by atoms with Crippen LogP contribution in [0.25, 0.3) is 32.0 Å². The fourth-order valence-corrected chi connectivity index (χ4v) is 11.1. The van der Waals surface area contributed by atoms with Gasteiger partial charge in [0.25, 0.3) is 0 Å². The van der Waals surface area contributed by atoms with Crippen LogP contribution in [0, 0.1) is 0 Å². The Bertz CT molecular complexity index is 2370. The molecule has 2 aromatic heterocycles. The van der Waals surface area contributed by atoms with E-state index < -0.39 is 34.3 Å². The number of halogens is 6. The molecule has 2 heterocycles. The van der Waals surface area contributed by atoms with Crippen LogP contribution < -0.4 is 9.47 Å². The molecule has 0 N–H and O–H groups in total. The van der Waals surface area contributed by atoms with E-state index in [0.717, 1.165) is 33.8 Å². The number of allylic oxidation sites excluding steroid dienone is 2. The quantitative estimate of drug-likeness (QED) is 0.156. The molecule has 2 nitrogen and oxygen atoms in total. The Balaban J connectivity index is 1.57. The Kier molecular flexibility index (Phi) is 9.21. The highest BCUT2D eigenvalue weighted by Gasteiger charge is 2.81. The largest absolute Gasteiger partial charge is 0.497 e. The van der Waals surface area contributed by atoms with Gasteiger partial charge >= 0.3 is 17.8 Å². The molecule has 0 bridgehead atoms. The van der Waals surface area contributed by atoms with Crippen molar-refractivity contribution in [2.75, 3.05) is 14.2 Å². The summed E-state index contributed by atoms with van der Waals surface area (Å²) in [5, 5.41) is 0. The summed E-state index contributed by atoms with van der Waals surface area (Å²) in [6.07, 6.45) is 0. The number of thiophene rings is 2. The van der Waals surface area contributed by atoms with Gasteiger partial charge in [-0.2, -0.15) is 26.3 Å². The van der Waals surface area contributed by atoms with Crippen molar-refractivity contribution in [2.24, 2.45) is 0 Å². The van der Waals surface area contributed by atoms with E-state index in [1.165, 1.54) is 26.4 Å². The Morgan fingerprint density at radius 2 is 0.793 bits per heavy atom. The highest BCUT2D eigenvalue weighted by molar-refractivity contribution is 7.18. The molecule has 2 aliphatic rings. The standard InChI is InChI=1S/C48H42F6O2S2/c1-43(2,3)29-13-17-31(18-14-29)45(32-19-15-30(16-20-32)44(4,5)6)41-35(25-37(57-41)27-9-21-33(55-7)22-10-27)39-40(47(51,52)48(53,54)46(39,49)50)36-26-38(58-42(36)45)28-11-23-34(56-8)24-12-28/h9-26H,1-8H3. The van der Waals surface area contributed by atoms with Gasteiger partial charge in [0.15, 0.2) is 0 Å². The summed E-state index contributed by atoms with van der Waals surface area (Å²) in [5.74, 6) is -15.1. The zero-order chi connectivity index (χ0) is 41.8. The zero-order valence-electron chi connectivity index (χ0n) is 33.3. The van der Waals surface area contributed by atoms with Crippen LogP contribution in [0.5, 0.6) is 11.5 Å². The minimum Gasteiger partial charge on any atom is -0.497 e. The van der Waals surface area contributed by atoms with Crippen molar-refractivity contribution in [3.05, 3.63) is 152 Å². The Morgan fingerprint density at radius 1 is 0.466 bits per heavy atom. The van der Waals surface area contributed by atoms with Crippen molar-refractivity contribution in [3.63, 3.8) is 0 Å². The lowest BCUT2D eigenvalue weighted by molar-refractivity contribution is -0.254. The van der Waals surface area contributed by atoms with Crippen LogP contribution in [0.3, 0.4) is 0 Å². The predicted octanol–water partition coefficient (Wildman–Crippen LogP) is 14.3. The lowest BCUT2D eigenvalue weighted by Crippen LogP contribution is -2.49. The van der Waals surface area contributed by atoms with Gasteiger partial charge in [0.2, 0.25) is 0 Å². The van der Waals surface area contributed by atoms with Crippen molar-refractivity contribution in [3.8, 4) is 32.4 Å². The van der Waals surface area contributed by atoms with Crippen LogP contribution in [-0.2, 0) is 16.2 Å². The summed E-state index contributed by atoms with van der Waals surface area (Å²) >= 11 is 2.29. The van der Waals surface area contributed by atoms with Crippen LogP contribution >= 0.6 is 22.7 Å². The summed E-state index contributed by atoms with van der Waals surface area (Å²) < 4.78 is 110. The monoisotopic (exact) mass is 828 g/mol. The van der Waals surface area contributed by atoms with E-state index >= 15 is 26.3 Å². The van der Waals surface area contributed by atoms with Crippen molar-refractivity contribution in [1.82, 2.24) is 0 Å². The first-order valence-electron chi connectivity index (χ1n) is 18.9. The molecule has 0 radical (unpaired) electrons. The molecule has 0 aliphatic heterocycles. The van der Waals surface area contributed by atoms with E-state index in [1.54, 1.807) is 48.5 Å². The molecule has 0 saturated carbocycles. The molecule has 4 aromatic carbocycles. The lowest BCUT2D eigenvalue weighted by Gasteiger charge is -2.37. The molecule has 58 heavy (non-hydrogen) atoms. The van der Waals surface area contributed by atoms with E-state index in [4.69, 9.17) is 9.47 Å². The normalized spacial score (nSPS) is 17.6. The van der Waals surface area contributed by atoms with E-state index in [0.29, 0.717) is 43.5 Å². The van der Waals surface area contributed by atoms with Gasteiger partial charge in [0.1, 0.15) is 11.5 Å². The number of hydrogen-bond acceptors (Lipinski definition) is 4. The molecule has 2 aliphatic carbocycles. The first-order valence-corrected chi connectivity index (χ1v) is 20.5. The number of rotatable bonds is 6. The zero-order valence-corrected chi connectivity index (χ0v) is 34.9. The van der Waals surface area contributed by atoms with E-state index in [-0.39, 0.29) is 31.7 Å². The molecule has 0 fully saturated rings. The maximum Gasteiger partial charge on any atom is 0.380 e. The van der Waals surface area contributed by atoms with Crippen molar-refractivity contribution in [2.45, 2.75) is 75.6 Å². The first kappa shape index (κ1) is 40.0. The van der Waals surface area contributed by atoms with Gasteiger partial charge < -0.3 is 9.47 Å². The topological polar surface area (TPSA) is 18.5 Å². The van der Waals surface area contributed by atoms with Crippen molar-refractivity contribution < 1.29 is 35.8 Å². The molecule has 300 valence electrons. The minimum absolute atomic E-state index is 0.243. The fourth-order valence-electron chi connectivity index (χ4n) is 8.17. The molecular weight excluding hydrogens is 787 g/mol. The molecule has 10 heteroatoms. The smallest absolute Gasteiger partial charge is 0.380 e. The van der Waals surface area contributed by atoms with Crippen molar-refractivity contribution in [1.29, 1.82) is 0 Å². The van der Waals surface area contributed by atoms with Crippen LogP contribution in [0.1, 0.15) is 84.7 Å². The van der Waals surface area contributed by atoms with Gasteiger partial charge in [0.05, 0.1) is 19.6 Å². The Labute approximate surface area is 342 Å². The number of fused-ring (bicyclic) bond motifs is 4. The third-order valence-corrected chi connectivity index (χ3v) is 14.1.